The molecule has 42 heavy (non-hydrogen) atoms. The maximum atomic E-state index is 12.9. The van der Waals surface area contributed by atoms with Gasteiger partial charge in [0.25, 0.3) is 5.78 Å². The van der Waals surface area contributed by atoms with Crippen molar-refractivity contribution in [2.24, 2.45) is 0 Å². The number of hydrogen-bond donors (Lipinski definition) is 0. The van der Waals surface area contributed by atoms with E-state index in [4.69, 9.17) is 0 Å². The lowest BCUT2D eigenvalue weighted by Gasteiger charge is -2.30. The van der Waals surface area contributed by atoms with Gasteiger partial charge in [-0.2, -0.15) is 13.2 Å². The molecule has 1 heterocycles. The number of nitrogens with zero attached hydrogens (tertiary/aromatic N) is 1. The van der Waals surface area contributed by atoms with Gasteiger partial charge < -0.3 is 4.90 Å². The van der Waals surface area contributed by atoms with Crippen molar-refractivity contribution >= 4 is 11.5 Å². The van der Waals surface area contributed by atoms with E-state index in [1.807, 2.05) is 6.07 Å². The van der Waals surface area contributed by atoms with E-state index < -0.39 is 12.0 Å². The van der Waals surface area contributed by atoms with Gasteiger partial charge in [0.1, 0.15) is 0 Å². The molecule has 0 N–H and O–H groups in total. The second kappa shape index (κ2) is 9.07. The summed E-state index contributed by atoms with van der Waals surface area (Å²) in [6.45, 7) is 11.4. The number of hydrogen-bond acceptors (Lipinski definition) is 2. The first-order valence-electron chi connectivity index (χ1n) is 14.8. The van der Waals surface area contributed by atoms with Crippen LogP contribution in [0.25, 0.3) is 33.4 Å². The summed E-state index contributed by atoms with van der Waals surface area (Å²) in [4.78, 5) is 14.2. The van der Waals surface area contributed by atoms with Gasteiger partial charge in [-0.1, -0.05) is 70.2 Å². The van der Waals surface area contributed by atoms with E-state index in [9.17, 15) is 18.0 Å². The fraction of sp³-hybridized carbons (Fsp3) is 0.324. The highest BCUT2D eigenvalue weighted by Gasteiger charge is 2.42. The molecular formula is C37H34F3NO. The van der Waals surface area contributed by atoms with Crippen LogP contribution in [0.2, 0.25) is 0 Å². The Morgan fingerprint density at radius 3 is 1.69 bits per heavy atom. The summed E-state index contributed by atoms with van der Waals surface area (Å²) in [6.07, 6.45) is -1.05. The Balaban J connectivity index is 1.27. The Labute approximate surface area is 245 Å². The number of rotatable bonds is 3. The quantitative estimate of drug-likeness (QED) is 0.231. The normalized spacial score (nSPS) is 17.8. The van der Waals surface area contributed by atoms with Crippen LogP contribution in [0.5, 0.6) is 0 Å². The third kappa shape index (κ3) is 3.96. The molecule has 1 saturated heterocycles. The molecule has 0 bridgehead atoms. The molecule has 1 aliphatic heterocycles. The minimum absolute atomic E-state index is 0.117. The average molecular weight is 566 g/mol. The molecule has 0 atom stereocenters. The molecule has 1 fully saturated rings. The van der Waals surface area contributed by atoms with Gasteiger partial charge in [0, 0.05) is 35.2 Å². The van der Waals surface area contributed by atoms with Crippen molar-refractivity contribution in [3.8, 4) is 33.4 Å². The Morgan fingerprint density at radius 1 is 0.619 bits per heavy atom. The predicted molar refractivity (Wildman–Crippen MR) is 163 cm³/mol. The zero-order valence-electron chi connectivity index (χ0n) is 24.5. The number of benzene rings is 4. The highest BCUT2D eigenvalue weighted by molar-refractivity contribution is 6.00. The molecule has 3 aliphatic rings. The summed E-state index contributed by atoms with van der Waals surface area (Å²) >= 11 is 0. The molecule has 7 rings (SSSR count). The number of fused-ring (bicyclic) bond motifs is 6. The lowest BCUT2D eigenvalue weighted by Crippen LogP contribution is -2.29. The van der Waals surface area contributed by atoms with Crippen molar-refractivity contribution in [1.82, 2.24) is 0 Å². The van der Waals surface area contributed by atoms with E-state index in [0.717, 1.165) is 24.2 Å². The zero-order chi connectivity index (χ0) is 29.6. The average Bonchev–Trinajstić information content (AvgIpc) is 3.34. The number of piperidine rings is 1. The molecule has 4 aromatic carbocycles. The summed E-state index contributed by atoms with van der Waals surface area (Å²) < 4.78 is 38.7. The van der Waals surface area contributed by atoms with Crippen LogP contribution < -0.4 is 4.90 Å². The molecule has 2 nitrogen and oxygen atoms in total. The van der Waals surface area contributed by atoms with Crippen molar-refractivity contribution < 1.29 is 18.0 Å². The molecule has 0 aromatic heterocycles. The second-order valence-electron chi connectivity index (χ2n) is 13.1. The summed E-state index contributed by atoms with van der Waals surface area (Å²) in [5.41, 5.74) is 12.6. The van der Waals surface area contributed by atoms with Gasteiger partial charge in [0.05, 0.1) is 0 Å². The molecule has 5 heteroatoms. The van der Waals surface area contributed by atoms with Gasteiger partial charge in [0.2, 0.25) is 0 Å². The third-order valence-corrected chi connectivity index (χ3v) is 9.91. The smallest absolute Gasteiger partial charge is 0.372 e. The first kappa shape index (κ1) is 27.0. The van der Waals surface area contributed by atoms with E-state index in [-0.39, 0.29) is 16.4 Å². The minimum atomic E-state index is -4.88. The van der Waals surface area contributed by atoms with Crippen LogP contribution in [0.3, 0.4) is 0 Å². The van der Waals surface area contributed by atoms with Crippen molar-refractivity contribution in [3.63, 3.8) is 0 Å². The van der Waals surface area contributed by atoms with Crippen LogP contribution in [-0.2, 0) is 10.8 Å². The number of anilines is 1. The summed E-state index contributed by atoms with van der Waals surface area (Å²) in [6, 6.07) is 23.9. The summed E-state index contributed by atoms with van der Waals surface area (Å²) in [7, 11) is 0. The SMILES string of the molecule is CC1(C)c2cc(-c3ccc(C(=O)C(F)(F)F)cc3)ccc2-c2cc3c(cc21)-c1ccc(N2CCCCC2)cc1C3(C)C. The molecule has 0 radical (unpaired) electrons. The standard InChI is InChI=1S/C37H34F3NO/c1-35(2)30-18-24(22-8-10-23(11-9-22)34(42)37(38,39)40)12-14-26(30)28-20-33-29(21-32(28)35)27-15-13-25(19-31(27)36(33,3)4)41-16-6-5-7-17-41/h8-15,18-21H,5-7,16-17H2,1-4H3. The fourth-order valence-corrected chi connectivity index (χ4v) is 7.46. The molecule has 0 amide bonds. The molecule has 214 valence electrons. The zero-order valence-corrected chi connectivity index (χ0v) is 24.5. The van der Waals surface area contributed by atoms with Crippen LogP contribution in [0.4, 0.5) is 18.9 Å². The van der Waals surface area contributed by atoms with Crippen LogP contribution >= 0.6 is 0 Å². The van der Waals surface area contributed by atoms with Gasteiger partial charge >= 0.3 is 6.18 Å². The molecule has 0 spiro atoms. The monoisotopic (exact) mass is 565 g/mol. The van der Waals surface area contributed by atoms with Crippen LogP contribution in [0.15, 0.2) is 72.8 Å². The predicted octanol–water partition coefficient (Wildman–Crippen LogP) is 9.70. The second-order valence-corrected chi connectivity index (χ2v) is 13.1. The summed E-state index contributed by atoms with van der Waals surface area (Å²) in [5.74, 6) is -1.82. The maximum absolute atomic E-state index is 12.9. The third-order valence-electron chi connectivity index (χ3n) is 9.91. The Kier molecular flexibility index (Phi) is 5.83. The first-order chi connectivity index (χ1) is 19.9. The number of carbonyl (C=O) groups excluding carboxylic acids is 1. The topological polar surface area (TPSA) is 20.3 Å². The highest BCUT2D eigenvalue weighted by atomic mass is 19.4. The minimum Gasteiger partial charge on any atom is -0.372 e. The van der Waals surface area contributed by atoms with Crippen molar-refractivity contribution in [2.75, 3.05) is 18.0 Å². The number of halogens is 3. The van der Waals surface area contributed by atoms with E-state index >= 15 is 0 Å². The Hall–Kier alpha value is -3.86. The number of alkyl halides is 3. The molecule has 0 saturated carbocycles. The van der Waals surface area contributed by atoms with Crippen molar-refractivity contribution in [2.45, 2.75) is 64.0 Å². The van der Waals surface area contributed by atoms with E-state index in [1.54, 1.807) is 12.1 Å². The maximum Gasteiger partial charge on any atom is 0.454 e. The van der Waals surface area contributed by atoms with Crippen LogP contribution in [0, 0.1) is 0 Å². The molecular weight excluding hydrogens is 531 g/mol. The van der Waals surface area contributed by atoms with Crippen LogP contribution in [-0.4, -0.2) is 25.0 Å². The molecule has 2 aliphatic carbocycles. The van der Waals surface area contributed by atoms with Gasteiger partial charge in [-0.3, -0.25) is 4.79 Å². The lowest BCUT2D eigenvalue weighted by atomic mass is 9.79. The van der Waals surface area contributed by atoms with E-state index in [2.05, 4.69) is 75.1 Å². The Bertz CT molecular complexity index is 1760. The number of Topliss-reactive ketones (excluding diaryl/α,β-unsaturated/α-hetero) is 1. The van der Waals surface area contributed by atoms with E-state index in [0.29, 0.717) is 0 Å². The number of carbonyl (C=O) groups is 1. The van der Waals surface area contributed by atoms with Crippen LogP contribution in [0.1, 0.15) is 79.6 Å². The Morgan fingerprint density at radius 2 is 1.12 bits per heavy atom. The van der Waals surface area contributed by atoms with E-state index in [1.165, 1.54) is 81.6 Å². The largest absolute Gasteiger partial charge is 0.454 e. The first-order valence-corrected chi connectivity index (χ1v) is 14.8. The fourth-order valence-electron chi connectivity index (χ4n) is 7.46. The highest BCUT2D eigenvalue weighted by Crippen LogP contribution is 2.56. The van der Waals surface area contributed by atoms with Gasteiger partial charge in [0.15, 0.2) is 0 Å². The summed E-state index contributed by atoms with van der Waals surface area (Å²) in [5, 5.41) is 0. The lowest BCUT2D eigenvalue weighted by molar-refractivity contribution is -0.0885. The van der Waals surface area contributed by atoms with Crippen molar-refractivity contribution in [1.29, 1.82) is 0 Å². The molecule has 0 unspecified atom stereocenters. The van der Waals surface area contributed by atoms with Gasteiger partial charge in [-0.25, -0.2) is 0 Å². The van der Waals surface area contributed by atoms with Gasteiger partial charge in [-0.05, 0) is 105 Å². The number of ketones is 1. The molecule has 4 aromatic rings. The van der Waals surface area contributed by atoms with Crippen molar-refractivity contribution in [3.05, 3.63) is 101 Å². The van der Waals surface area contributed by atoms with Gasteiger partial charge in [-0.15, -0.1) is 0 Å².